The summed E-state index contributed by atoms with van der Waals surface area (Å²) in [6, 6.07) is 3.56. The summed E-state index contributed by atoms with van der Waals surface area (Å²) in [7, 11) is 0. The Labute approximate surface area is 168 Å². The van der Waals surface area contributed by atoms with Gasteiger partial charge in [-0.05, 0) is 31.9 Å². The average Bonchev–Trinajstić information content (AvgIpc) is 3.15. The molecule has 4 heterocycles. The third kappa shape index (κ3) is 3.92. The summed E-state index contributed by atoms with van der Waals surface area (Å²) in [6.45, 7) is 4.63. The van der Waals surface area contributed by atoms with E-state index in [1.807, 2.05) is 28.5 Å². The molecule has 0 unspecified atom stereocenters. The number of carbonyl (C=O) groups excluding carboxylic acids is 2. The van der Waals surface area contributed by atoms with Crippen LogP contribution in [0.2, 0.25) is 0 Å². The van der Waals surface area contributed by atoms with Crippen molar-refractivity contribution in [3.05, 3.63) is 47.4 Å². The maximum absolute atomic E-state index is 12.8. The Morgan fingerprint density at radius 2 is 1.82 bits per heavy atom. The summed E-state index contributed by atoms with van der Waals surface area (Å²) in [4.78, 5) is 37.6. The van der Waals surface area contributed by atoms with Crippen LogP contribution in [0.3, 0.4) is 0 Å². The summed E-state index contributed by atoms with van der Waals surface area (Å²) in [6.07, 6.45) is 4.82. The van der Waals surface area contributed by atoms with Crippen molar-refractivity contribution in [2.24, 2.45) is 0 Å². The molecule has 0 N–H and O–H groups in total. The Bertz CT molecular complexity index is 840. The predicted octanol–water partition coefficient (Wildman–Crippen LogP) is 2.59. The largest absolute Gasteiger partial charge is 0.445 e. The molecule has 2 aliphatic heterocycles. The van der Waals surface area contributed by atoms with Crippen molar-refractivity contribution < 1.29 is 14.0 Å². The molecule has 0 atom stereocenters. The predicted molar refractivity (Wildman–Crippen MR) is 107 cm³/mol. The number of aryl methyl sites for hydroxylation is 1. The minimum absolute atomic E-state index is 0.00831. The molecule has 148 valence electrons. The third-order valence-corrected chi connectivity index (χ3v) is 6.30. The van der Waals surface area contributed by atoms with Crippen LogP contribution >= 0.6 is 11.8 Å². The number of thioether (sulfide) groups is 1. The zero-order chi connectivity index (χ0) is 19.5. The second-order valence-corrected chi connectivity index (χ2v) is 8.39. The van der Waals surface area contributed by atoms with Crippen molar-refractivity contribution in [2.75, 3.05) is 37.7 Å². The van der Waals surface area contributed by atoms with Gasteiger partial charge in [0, 0.05) is 56.0 Å². The highest BCUT2D eigenvalue weighted by Crippen LogP contribution is 2.30. The van der Waals surface area contributed by atoms with E-state index in [-0.39, 0.29) is 17.7 Å². The van der Waals surface area contributed by atoms with Crippen molar-refractivity contribution in [2.45, 2.75) is 25.7 Å². The molecule has 0 aromatic carbocycles. The van der Waals surface area contributed by atoms with Gasteiger partial charge >= 0.3 is 0 Å². The van der Waals surface area contributed by atoms with E-state index >= 15 is 0 Å². The molecular formula is C20H24N4O3S. The van der Waals surface area contributed by atoms with Crippen molar-refractivity contribution in [3.63, 3.8) is 0 Å². The number of likely N-dealkylation sites (tertiary alicyclic amines) is 1. The lowest BCUT2D eigenvalue weighted by molar-refractivity contribution is 0.0705. The normalized spacial score (nSPS) is 18.3. The minimum Gasteiger partial charge on any atom is -0.445 e. The van der Waals surface area contributed by atoms with Crippen LogP contribution < -0.4 is 0 Å². The first-order valence-electron chi connectivity index (χ1n) is 9.67. The van der Waals surface area contributed by atoms with Crippen LogP contribution in [0.5, 0.6) is 0 Å². The topological polar surface area (TPSA) is 79.5 Å². The lowest BCUT2D eigenvalue weighted by Gasteiger charge is -2.30. The van der Waals surface area contributed by atoms with Crippen LogP contribution in [-0.4, -0.2) is 69.3 Å². The second kappa shape index (κ2) is 8.34. The van der Waals surface area contributed by atoms with Crippen LogP contribution in [0.4, 0.5) is 0 Å². The first-order valence-corrected chi connectivity index (χ1v) is 10.8. The number of rotatable bonds is 3. The lowest BCUT2D eigenvalue weighted by atomic mass is 9.96. The van der Waals surface area contributed by atoms with Gasteiger partial charge in [0.05, 0.1) is 5.56 Å². The highest BCUT2D eigenvalue weighted by atomic mass is 32.2. The fourth-order valence-corrected chi connectivity index (χ4v) is 4.61. The number of aromatic nitrogens is 2. The number of amides is 2. The molecule has 0 spiro atoms. The van der Waals surface area contributed by atoms with E-state index in [9.17, 15) is 9.59 Å². The van der Waals surface area contributed by atoms with Gasteiger partial charge in [-0.3, -0.25) is 14.6 Å². The van der Waals surface area contributed by atoms with E-state index in [1.54, 1.807) is 24.5 Å². The molecule has 4 rings (SSSR count). The van der Waals surface area contributed by atoms with Gasteiger partial charge in [-0.15, -0.1) is 0 Å². The van der Waals surface area contributed by atoms with Gasteiger partial charge in [-0.2, -0.15) is 11.8 Å². The van der Waals surface area contributed by atoms with Crippen molar-refractivity contribution in [1.82, 2.24) is 19.8 Å². The fraction of sp³-hybridized carbons (Fsp3) is 0.500. The molecule has 7 nitrogen and oxygen atoms in total. The number of carbonyl (C=O) groups is 2. The quantitative estimate of drug-likeness (QED) is 0.788. The number of oxazole rings is 1. The Morgan fingerprint density at radius 3 is 2.50 bits per heavy atom. The summed E-state index contributed by atoms with van der Waals surface area (Å²) in [5.74, 6) is 3.27. The molecule has 0 saturated carbocycles. The average molecular weight is 401 g/mol. The number of hydrogen-bond donors (Lipinski definition) is 0. The number of nitrogens with zero attached hydrogens (tertiary/aromatic N) is 4. The molecule has 2 saturated heterocycles. The van der Waals surface area contributed by atoms with E-state index in [2.05, 4.69) is 9.97 Å². The summed E-state index contributed by atoms with van der Waals surface area (Å²) in [5.41, 5.74) is 1.05. The van der Waals surface area contributed by atoms with Crippen LogP contribution in [0.1, 0.15) is 51.3 Å². The summed E-state index contributed by atoms with van der Waals surface area (Å²) in [5, 5.41) is 0. The smallest absolute Gasteiger partial charge is 0.276 e. The van der Waals surface area contributed by atoms with Gasteiger partial charge in [0.1, 0.15) is 5.76 Å². The SMILES string of the molecule is Cc1oc(C2CCN(C(=O)c3cccnc3)CC2)nc1C(=O)N1CCSCC1. The molecule has 2 fully saturated rings. The molecule has 2 aromatic rings. The maximum atomic E-state index is 12.8. The van der Waals surface area contributed by atoms with Gasteiger partial charge in [0.2, 0.25) is 0 Å². The maximum Gasteiger partial charge on any atom is 0.276 e. The van der Waals surface area contributed by atoms with E-state index in [1.165, 1.54) is 0 Å². The first-order chi connectivity index (χ1) is 13.6. The Morgan fingerprint density at radius 1 is 1.11 bits per heavy atom. The second-order valence-electron chi connectivity index (χ2n) is 7.17. The Kier molecular flexibility index (Phi) is 5.66. The molecule has 28 heavy (non-hydrogen) atoms. The van der Waals surface area contributed by atoms with Crippen LogP contribution in [0, 0.1) is 6.92 Å². The molecule has 2 amide bonds. The van der Waals surface area contributed by atoms with Crippen LogP contribution in [-0.2, 0) is 0 Å². The third-order valence-electron chi connectivity index (χ3n) is 5.35. The monoisotopic (exact) mass is 400 g/mol. The number of piperidine rings is 1. The van der Waals surface area contributed by atoms with E-state index in [0.29, 0.717) is 36.0 Å². The van der Waals surface area contributed by atoms with Gasteiger partial charge in [-0.1, -0.05) is 0 Å². The highest BCUT2D eigenvalue weighted by Gasteiger charge is 2.30. The van der Waals surface area contributed by atoms with E-state index < -0.39 is 0 Å². The zero-order valence-corrected chi connectivity index (χ0v) is 16.8. The van der Waals surface area contributed by atoms with Crippen LogP contribution in [0.15, 0.2) is 28.9 Å². The number of pyridine rings is 1. The van der Waals surface area contributed by atoms with Crippen molar-refractivity contribution >= 4 is 23.6 Å². The Balaban J connectivity index is 1.40. The Hall–Kier alpha value is -2.35. The molecule has 0 bridgehead atoms. The molecular weight excluding hydrogens is 376 g/mol. The zero-order valence-electron chi connectivity index (χ0n) is 16.0. The van der Waals surface area contributed by atoms with Crippen LogP contribution in [0.25, 0.3) is 0 Å². The highest BCUT2D eigenvalue weighted by molar-refractivity contribution is 7.99. The standard InChI is InChI=1S/C20H24N4O3S/c1-14-17(20(26)24-9-11-28-12-10-24)22-18(27-14)15-4-7-23(8-5-15)19(25)16-3-2-6-21-13-16/h2-3,6,13,15H,4-5,7-12H2,1H3. The van der Waals surface area contributed by atoms with Crippen molar-refractivity contribution in [1.29, 1.82) is 0 Å². The molecule has 8 heteroatoms. The molecule has 2 aliphatic rings. The van der Waals surface area contributed by atoms with Gasteiger partial charge in [0.25, 0.3) is 11.8 Å². The molecule has 0 aliphatic carbocycles. The van der Waals surface area contributed by atoms with Gasteiger partial charge in [0.15, 0.2) is 11.6 Å². The lowest BCUT2D eigenvalue weighted by Crippen LogP contribution is -2.38. The fourth-order valence-electron chi connectivity index (χ4n) is 3.71. The summed E-state index contributed by atoms with van der Waals surface area (Å²) < 4.78 is 5.87. The summed E-state index contributed by atoms with van der Waals surface area (Å²) >= 11 is 1.87. The van der Waals surface area contributed by atoms with E-state index in [4.69, 9.17) is 4.42 Å². The molecule has 0 radical (unpaired) electrons. The molecule has 2 aromatic heterocycles. The number of hydrogen-bond acceptors (Lipinski definition) is 6. The van der Waals surface area contributed by atoms with Gasteiger partial charge < -0.3 is 14.2 Å². The minimum atomic E-state index is -0.0306. The van der Waals surface area contributed by atoms with Crippen molar-refractivity contribution in [3.8, 4) is 0 Å². The van der Waals surface area contributed by atoms with Gasteiger partial charge in [-0.25, -0.2) is 4.98 Å². The van der Waals surface area contributed by atoms with E-state index in [0.717, 1.165) is 37.4 Å². The first kappa shape index (κ1) is 19.0.